The van der Waals surface area contributed by atoms with E-state index < -0.39 is 0 Å². The second-order valence-corrected chi connectivity index (χ2v) is 3.80. The number of rotatable bonds is 2. The summed E-state index contributed by atoms with van der Waals surface area (Å²) < 4.78 is 13.1. The highest BCUT2D eigenvalue weighted by molar-refractivity contribution is 5.60. The van der Waals surface area contributed by atoms with Gasteiger partial charge >= 0.3 is 0 Å². The number of hydrogen-bond donors (Lipinski definition) is 1. The van der Waals surface area contributed by atoms with Crippen molar-refractivity contribution in [2.45, 2.75) is 13.8 Å². The van der Waals surface area contributed by atoms with Gasteiger partial charge in [-0.15, -0.1) is 0 Å². The molecule has 0 aliphatic heterocycles. The van der Waals surface area contributed by atoms with Crippen molar-refractivity contribution < 1.29 is 4.39 Å². The summed E-state index contributed by atoms with van der Waals surface area (Å²) in [5, 5.41) is 3.10. The molecule has 0 aliphatic carbocycles. The lowest BCUT2D eigenvalue weighted by molar-refractivity contribution is 0.628. The molecule has 0 spiro atoms. The van der Waals surface area contributed by atoms with Crippen LogP contribution in [0.1, 0.15) is 11.1 Å². The van der Waals surface area contributed by atoms with Crippen LogP contribution in [0.15, 0.2) is 36.5 Å². The molecule has 0 aliphatic rings. The Hall–Kier alpha value is -1.90. The molecule has 1 heterocycles. The first-order chi connectivity index (χ1) is 7.65. The first kappa shape index (κ1) is 10.6. The van der Waals surface area contributed by atoms with E-state index in [0.29, 0.717) is 0 Å². The molecule has 3 heteroatoms. The first-order valence-corrected chi connectivity index (χ1v) is 5.11. The highest BCUT2D eigenvalue weighted by atomic mass is 19.1. The van der Waals surface area contributed by atoms with Crippen molar-refractivity contribution >= 4 is 11.5 Å². The molecule has 0 amide bonds. The van der Waals surface area contributed by atoms with Crippen molar-refractivity contribution in [2.24, 2.45) is 0 Å². The van der Waals surface area contributed by atoms with Crippen LogP contribution in [0.2, 0.25) is 0 Å². The van der Waals surface area contributed by atoms with Crippen LogP contribution in [0, 0.1) is 19.7 Å². The molecule has 0 saturated carbocycles. The number of anilines is 2. The minimum absolute atomic E-state index is 0.249. The van der Waals surface area contributed by atoms with Crippen LogP contribution < -0.4 is 5.32 Å². The summed E-state index contributed by atoms with van der Waals surface area (Å²) in [4.78, 5) is 4.17. The molecular weight excluding hydrogens is 203 g/mol. The lowest BCUT2D eigenvalue weighted by atomic mass is 10.2. The van der Waals surface area contributed by atoms with Crippen molar-refractivity contribution in [3.63, 3.8) is 0 Å². The van der Waals surface area contributed by atoms with Crippen molar-refractivity contribution in [2.75, 3.05) is 5.32 Å². The van der Waals surface area contributed by atoms with Crippen LogP contribution in [0.4, 0.5) is 15.9 Å². The SMILES string of the molecule is Cc1ccnc(Nc2cc(F)ccc2C)c1. The van der Waals surface area contributed by atoms with Crippen molar-refractivity contribution in [1.29, 1.82) is 0 Å². The van der Waals surface area contributed by atoms with Gasteiger partial charge in [0.15, 0.2) is 0 Å². The van der Waals surface area contributed by atoms with E-state index in [-0.39, 0.29) is 5.82 Å². The van der Waals surface area contributed by atoms with E-state index in [1.54, 1.807) is 12.3 Å². The summed E-state index contributed by atoms with van der Waals surface area (Å²) in [5.41, 5.74) is 2.86. The Labute approximate surface area is 94.2 Å². The number of halogens is 1. The lowest BCUT2D eigenvalue weighted by Gasteiger charge is -2.09. The normalized spacial score (nSPS) is 10.2. The molecule has 2 rings (SSSR count). The van der Waals surface area contributed by atoms with Crippen LogP contribution in [0.25, 0.3) is 0 Å². The predicted molar refractivity (Wildman–Crippen MR) is 63.4 cm³/mol. The van der Waals surface area contributed by atoms with Gasteiger partial charge in [0, 0.05) is 11.9 Å². The Morgan fingerprint density at radius 3 is 2.69 bits per heavy atom. The molecule has 1 N–H and O–H groups in total. The third kappa shape index (κ3) is 2.37. The lowest BCUT2D eigenvalue weighted by Crippen LogP contribution is -1.96. The number of nitrogens with zero attached hydrogens (tertiary/aromatic N) is 1. The van der Waals surface area contributed by atoms with Crippen LogP contribution >= 0.6 is 0 Å². The number of benzene rings is 1. The van der Waals surface area contributed by atoms with E-state index in [4.69, 9.17) is 0 Å². The molecule has 1 aromatic heterocycles. The van der Waals surface area contributed by atoms with Crippen molar-refractivity contribution in [3.8, 4) is 0 Å². The van der Waals surface area contributed by atoms with Crippen LogP contribution in [-0.4, -0.2) is 4.98 Å². The molecule has 2 aromatic rings. The number of nitrogens with one attached hydrogen (secondary N) is 1. The Kier molecular flexibility index (Phi) is 2.86. The molecular formula is C13H13FN2. The van der Waals surface area contributed by atoms with Gasteiger partial charge in [0.25, 0.3) is 0 Å². The fraction of sp³-hybridized carbons (Fsp3) is 0.154. The average Bonchev–Trinajstić information content (AvgIpc) is 2.24. The van der Waals surface area contributed by atoms with Gasteiger partial charge in [0.1, 0.15) is 11.6 Å². The Bertz CT molecular complexity index is 509. The summed E-state index contributed by atoms with van der Waals surface area (Å²) in [6, 6.07) is 8.50. The summed E-state index contributed by atoms with van der Waals surface area (Å²) >= 11 is 0. The van der Waals surface area contributed by atoms with Crippen LogP contribution in [-0.2, 0) is 0 Å². The highest BCUT2D eigenvalue weighted by Gasteiger charge is 2.01. The monoisotopic (exact) mass is 216 g/mol. The first-order valence-electron chi connectivity index (χ1n) is 5.11. The van der Waals surface area contributed by atoms with Gasteiger partial charge in [0.05, 0.1) is 0 Å². The Morgan fingerprint density at radius 1 is 1.12 bits per heavy atom. The maximum atomic E-state index is 13.1. The largest absolute Gasteiger partial charge is 0.340 e. The minimum atomic E-state index is -0.249. The van der Waals surface area contributed by atoms with Gasteiger partial charge < -0.3 is 5.32 Å². The van der Waals surface area contributed by atoms with Crippen LogP contribution in [0.5, 0.6) is 0 Å². The molecule has 0 atom stereocenters. The zero-order valence-corrected chi connectivity index (χ0v) is 9.29. The molecule has 16 heavy (non-hydrogen) atoms. The summed E-state index contributed by atoms with van der Waals surface area (Å²) in [7, 11) is 0. The maximum Gasteiger partial charge on any atom is 0.130 e. The highest BCUT2D eigenvalue weighted by Crippen LogP contribution is 2.20. The molecule has 0 fully saturated rings. The molecule has 0 radical (unpaired) electrons. The molecule has 0 saturated heterocycles. The molecule has 0 unspecified atom stereocenters. The van der Waals surface area contributed by atoms with E-state index in [1.165, 1.54) is 12.1 Å². The summed E-state index contributed by atoms with van der Waals surface area (Å²) in [6.07, 6.45) is 1.73. The second-order valence-electron chi connectivity index (χ2n) is 3.80. The van der Waals surface area contributed by atoms with Crippen LogP contribution in [0.3, 0.4) is 0 Å². The van der Waals surface area contributed by atoms with E-state index in [0.717, 1.165) is 22.6 Å². The van der Waals surface area contributed by atoms with Gasteiger partial charge in [-0.05, 0) is 49.2 Å². The fourth-order valence-electron chi connectivity index (χ4n) is 1.47. The van der Waals surface area contributed by atoms with E-state index in [2.05, 4.69) is 10.3 Å². The number of aryl methyl sites for hydroxylation is 2. The number of hydrogen-bond acceptors (Lipinski definition) is 2. The second kappa shape index (κ2) is 4.31. The van der Waals surface area contributed by atoms with Gasteiger partial charge in [0.2, 0.25) is 0 Å². The maximum absolute atomic E-state index is 13.1. The number of pyridine rings is 1. The third-order valence-corrected chi connectivity index (χ3v) is 2.38. The number of aromatic nitrogens is 1. The Morgan fingerprint density at radius 2 is 1.94 bits per heavy atom. The van der Waals surface area contributed by atoms with Gasteiger partial charge in [-0.2, -0.15) is 0 Å². The third-order valence-electron chi connectivity index (χ3n) is 2.38. The standard InChI is InChI=1S/C13H13FN2/c1-9-5-6-15-13(7-9)16-12-8-11(14)4-3-10(12)2/h3-8H,1-2H3,(H,15,16). The van der Waals surface area contributed by atoms with E-state index in [1.807, 2.05) is 26.0 Å². The van der Waals surface area contributed by atoms with Gasteiger partial charge in [-0.25, -0.2) is 9.37 Å². The quantitative estimate of drug-likeness (QED) is 0.829. The van der Waals surface area contributed by atoms with Crippen molar-refractivity contribution in [1.82, 2.24) is 4.98 Å². The molecule has 82 valence electrons. The molecule has 1 aromatic carbocycles. The predicted octanol–water partition coefficient (Wildman–Crippen LogP) is 3.58. The van der Waals surface area contributed by atoms with E-state index in [9.17, 15) is 4.39 Å². The molecule has 2 nitrogen and oxygen atoms in total. The minimum Gasteiger partial charge on any atom is -0.340 e. The van der Waals surface area contributed by atoms with E-state index >= 15 is 0 Å². The fourth-order valence-corrected chi connectivity index (χ4v) is 1.47. The van der Waals surface area contributed by atoms with Gasteiger partial charge in [-0.1, -0.05) is 6.07 Å². The topological polar surface area (TPSA) is 24.9 Å². The zero-order chi connectivity index (χ0) is 11.5. The summed E-state index contributed by atoms with van der Waals surface area (Å²) in [5.74, 6) is 0.481. The summed E-state index contributed by atoms with van der Waals surface area (Å²) in [6.45, 7) is 3.92. The smallest absolute Gasteiger partial charge is 0.130 e. The zero-order valence-electron chi connectivity index (χ0n) is 9.29. The average molecular weight is 216 g/mol. The van der Waals surface area contributed by atoms with Crippen molar-refractivity contribution in [3.05, 3.63) is 53.5 Å². The van der Waals surface area contributed by atoms with Gasteiger partial charge in [-0.3, -0.25) is 0 Å². The Balaban J connectivity index is 2.30. The molecule has 0 bridgehead atoms.